The van der Waals surface area contributed by atoms with Crippen molar-refractivity contribution in [2.45, 2.75) is 6.92 Å². The normalized spacial score (nSPS) is 16.0. The maximum atomic E-state index is 5.19. The maximum Gasteiger partial charge on any atom is 0.190 e. The molecule has 0 spiro atoms. The molecule has 0 aliphatic carbocycles. The Bertz CT molecular complexity index is 1090. The Kier molecular flexibility index (Phi) is 7.35. The van der Waals surface area contributed by atoms with Gasteiger partial charge < -0.3 is 15.0 Å². The van der Waals surface area contributed by atoms with Gasteiger partial charge in [-0.25, -0.2) is 9.97 Å². The molecule has 168 valence electrons. The number of amidine groups is 1. The van der Waals surface area contributed by atoms with Crippen LogP contribution in [0.5, 0.6) is 0 Å². The summed E-state index contributed by atoms with van der Waals surface area (Å²) in [6, 6.07) is 5.83. The lowest BCUT2D eigenvalue weighted by Crippen LogP contribution is -2.46. The minimum absolute atomic E-state index is 0.770. The number of allylic oxidation sites excluding steroid dienone is 1. The predicted molar refractivity (Wildman–Crippen MR) is 129 cm³/mol. The molecule has 0 bridgehead atoms. The van der Waals surface area contributed by atoms with E-state index in [1.807, 2.05) is 18.2 Å². The topological polar surface area (TPSA) is 91.7 Å². The third kappa shape index (κ3) is 5.45. The molecule has 3 aromatic heterocycles. The van der Waals surface area contributed by atoms with Crippen LogP contribution < -0.4 is 5.32 Å². The molecule has 4 rings (SSSR count). The fourth-order valence-electron chi connectivity index (χ4n) is 3.57. The number of piperazine rings is 1. The number of aliphatic imine (C=N–C) groups is 1. The first-order chi connectivity index (χ1) is 15.7. The van der Waals surface area contributed by atoms with E-state index in [1.54, 1.807) is 26.6 Å². The minimum atomic E-state index is 0.770. The molecule has 4 heterocycles. The van der Waals surface area contributed by atoms with E-state index >= 15 is 0 Å². The molecule has 1 saturated heterocycles. The third-order valence-electron chi connectivity index (χ3n) is 5.44. The van der Waals surface area contributed by atoms with Gasteiger partial charge in [0.1, 0.15) is 16.2 Å². The monoisotopic (exact) mass is 452 g/mol. The Morgan fingerprint density at radius 3 is 2.75 bits per heavy atom. The SMILES string of the molecule is C/N=C(\C=C(/C)N1CCN(CCOC)CC1)Nc1nc2ccc(-c3ccnnc3)nc2s1. The molecule has 1 N–H and O–H groups in total. The molecule has 0 atom stereocenters. The number of anilines is 1. The fourth-order valence-corrected chi connectivity index (χ4v) is 4.42. The average molecular weight is 453 g/mol. The molecule has 0 unspecified atom stereocenters. The number of aromatic nitrogens is 4. The number of fused-ring (bicyclic) bond motifs is 1. The van der Waals surface area contributed by atoms with E-state index in [4.69, 9.17) is 9.72 Å². The standard InChI is InChI=1S/C22H28N8OS/c1-16(30-10-8-29(9-11-30)12-13-31-3)14-20(23-2)28-22-27-19-5-4-18(26-21(19)32-22)17-6-7-24-25-15-17/h4-7,14-15H,8-13H2,1-3H3,(H,23,27,28)/b16-14+. The van der Waals surface area contributed by atoms with Crippen LogP contribution in [0.1, 0.15) is 6.92 Å². The lowest BCUT2D eigenvalue weighted by molar-refractivity contribution is 0.110. The maximum absolute atomic E-state index is 5.19. The number of rotatable bonds is 7. The second-order valence-electron chi connectivity index (χ2n) is 7.51. The largest absolute Gasteiger partial charge is 0.383 e. The van der Waals surface area contributed by atoms with E-state index in [0.29, 0.717) is 0 Å². The van der Waals surface area contributed by atoms with E-state index in [-0.39, 0.29) is 0 Å². The number of hydrogen-bond donors (Lipinski definition) is 1. The van der Waals surface area contributed by atoms with Crippen LogP contribution in [-0.2, 0) is 4.74 Å². The third-order valence-corrected chi connectivity index (χ3v) is 6.32. The van der Waals surface area contributed by atoms with Gasteiger partial charge in [-0.05, 0) is 31.2 Å². The summed E-state index contributed by atoms with van der Waals surface area (Å²) in [5.41, 5.74) is 3.83. The molecule has 9 nitrogen and oxygen atoms in total. The van der Waals surface area contributed by atoms with E-state index in [1.165, 1.54) is 17.0 Å². The van der Waals surface area contributed by atoms with Crippen LogP contribution in [0.15, 0.2) is 47.4 Å². The summed E-state index contributed by atoms with van der Waals surface area (Å²) < 4.78 is 5.19. The highest BCUT2D eigenvalue weighted by Crippen LogP contribution is 2.27. The zero-order valence-corrected chi connectivity index (χ0v) is 19.5. The molecule has 1 aliphatic heterocycles. The number of nitrogens with one attached hydrogen (secondary N) is 1. The summed E-state index contributed by atoms with van der Waals surface area (Å²) >= 11 is 1.51. The molecule has 32 heavy (non-hydrogen) atoms. The number of nitrogens with zero attached hydrogens (tertiary/aromatic N) is 7. The van der Waals surface area contributed by atoms with Gasteiger partial charge >= 0.3 is 0 Å². The Hall–Kier alpha value is -2.95. The molecule has 0 radical (unpaired) electrons. The van der Waals surface area contributed by atoms with Crippen LogP contribution in [0.25, 0.3) is 21.6 Å². The molecule has 1 fully saturated rings. The van der Waals surface area contributed by atoms with Crippen molar-refractivity contribution in [2.75, 3.05) is 58.8 Å². The zero-order chi connectivity index (χ0) is 22.3. The lowest BCUT2D eigenvalue weighted by Gasteiger charge is -2.36. The van der Waals surface area contributed by atoms with Crippen LogP contribution in [-0.4, -0.2) is 89.3 Å². The van der Waals surface area contributed by atoms with Crippen LogP contribution in [0, 0.1) is 0 Å². The van der Waals surface area contributed by atoms with Crippen molar-refractivity contribution in [1.29, 1.82) is 0 Å². The van der Waals surface area contributed by atoms with Crippen molar-refractivity contribution in [2.24, 2.45) is 4.99 Å². The van der Waals surface area contributed by atoms with Crippen molar-refractivity contribution in [1.82, 2.24) is 30.0 Å². The zero-order valence-electron chi connectivity index (χ0n) is 18.7. The van der Waals surface area contributed by atoms with E-state index < -0.39 is 0 Å². The minimum Gasteiger partial charge on any atom is -0.383 e. The number of pyridine rings is 1. The van der Waals surface area contributed by atoms with Gasteiger partial charge in [-0.3, -0.25) is 9.89 Å². The Balaban J connectivity index is 1.42. The van der Waals surface area contributed by atoms with Gasteiger partial charge in [0.05, 0.1) is 24.7 Å². The summed E-state index contributed by atoms with van der Waals surface area (Å²) in [6.45, 7) is 7.98. The van der Waals surface area contributed by atoms with Gasteiger partial charge in [0.2, 0.25) is 0 Å². The second-order valence-corrected chi connectivity index (χ2v) is 8.49. The smallest absolute Gasteiger partial charge is 0.190 e. The summed E-state index contributed by atoms with van der Waals surface area (Å²) in [7, 11) is 3.54. The van der Waals surface area contributed by atoms with Gasteiger partial charge in [0, 0.05) is 58.1 Å². The fraction of sp³-hybridized carbons (Fsp3) is 0.409. The summed E-state index contributed by atoms with van der Waals surface area (Å²) in [5, 5.41) is 11.9. The van der Waals surface area contributed by atoms with E-state index in [9.17, 15) is 0 Å². The quantitative estimate of drug-likeness (QED) is 0.432. The molecule has 0 saturated carbocycles. The van der Waals surface area contributed by atoms with Crippen LogP contribution in [0.2, 0.25) is 0 Å². The number of hydrogen-bond acceptors (Lipinski definition) is 9. The molecular formula is C22H28N8OS. The summed E-state index contributed by atoms with van der Waals surface area (Å²) in [6.07, 6.45) is 5.46. The first kappa shape index (κ1) is 22.3. The van der Waals surface area contributed by atoms with Crippen LogP contribution in [0.4, 0.5) is 5.13 Å². The Morgan fingerprint density at radius 2 is 2.03 bits per heavy atom. The predicted octanol–water partition coefficient (Wildman–Crippen LogP) is 2.76. The van der Waals surface area contributed by atoms with Crippen LogP contribution >= 0.6 is 11.3 Å². The highest BCUT2D eigenvalue weighted by Gasteiger charge is 2.17. The highest BCUT2D eigenvalue weighted by atomic mass is 32.1. The Labute approximate surface area is 191 Å². The van der Waals surface area contributed by atoms with Gasteiger partial charge in [-0.1, -0.05) is 11.3 Å². The number of methoxy groups -OCH3 is 1. The Morgan fingerprint density at radius 1 is 1.19 bits per heavy atom. The van der Waals surface area contributed by atoms with Crippen molar-refractivity contribution in [3.63, 3.8) is 0 Å². The van der Waals surface area contributed by atoms with Gasteiger partial charge in [0.25, 0.3) is 0 Å². The van der Waals surface area contributed by atoms with Crippen LogP contribution in [0.3, 0.4) is 0 Å². The summed E-state index contributed by atoms with van der Waals surface area (Å²) in [5.74, 6) is 0.780. The second kappa shape index (κ2) is 10.6. The molecule has 0 aromatic carbocycles. The molecular weight excluding hydrogens is 424 g/mol. The number of thiazole rings is 1. The lowest BCUT2D eigenvalue weighted by atomic mass is 10.2. The van der Waals surface area contributed by atoms with E-state index in [2.05, 4.69) is 48.3 Å². The van der Waals surface area contributed by atoms with Crippen molar-refractivity contribution >= 4 is 32.7 Å². The van der Waals surface area contributed by atoms with E-state index in [0.717, 1.165) is 71.9 Å². The van der Waals surface area contributed by atoms with Gasteiger partial charge in [-0.15, -0.1) is 0 Å². The summed E-state index contributed by atoms with van der Waals surface area (Å²) in [4.78, 5) is 19.5. The van der Waals surface area contributed by atoms with Gasteiger partial charge in [-0.2, -0.15) is 10.2 Å². The van der Waals surface area contributed by atoms with Gasteiger partial charge in [0.15, 0.2) is 5.13 Å². The highest BCUT2D eigenvalue weighted by molar-refractivity contribution is 7.22. The molecule has 3 aromatic rings. The number of ether oxygens (including phenoxy) is 1. The van der Waals surface area contributed by atoms with Crippen molar-refractivity contribution in [3.8, 4) is 11.3 Å². The first-order valence-electron chi connectivity index (χ1n) is 10.6. The average Bonchev–Trinajstić information content (AvgIpc) is 3.24. The van der Waals surface area contributed by atoms with Crippen molar-refractivity contribution in [3.05, 3.63) is 42.4 Å². The van der Waals surface area contributed by atoms with Crippen molar-refractivity contribution < 1.29 is 4.74 Å². The molecule has 0 amide bonds. The molecule has 1 aliphatic rings. The first-order valence-corrected chi connectivity index (χ1v) is 11.4. The molecule has 10 heteroatoms.